The summed E-state index contributed by atoms with van der Waals surface area (Å²) in [6.07, 6.45) is -4.62. The fourth-order valence-electron chi connectivity index (χ4n) is 2.43. The predicted molar refractivity (Wildman–Crippen MR) is 87.6 cm³/mol. The van der Waals surface area contributed by atoms with E-state index in [-0.39, 0.29) is 12.4 Å². The number of carbonyl (C=O) groups excluding carboxylic acids is 1. The molecule has 1 aliphatic rings. The number of hydrogen-bond donors (Lipinski definition) is 1. The van der Waals surface area contributed by atoms with Crippen molar-refractivity contribution in [1.29, 1.82) is 0 Å². The van der Waals surface area contributed by atoms with Gasteiger partial charge in [0.25, 0.3) is 0 Å². The summed E-state index contributed by atoms with van der Waals surface area (Å²) in [7, 11) is 1.49. The monoisotopic (exact) mass is 336 g/mol. The van der Waals surface area contributed by atoms with E-state index >= 15 is 0 Å². The van der Waals surface area contributed by atoms with E-state index in [9.17, 15) is 18.0 Å². The van der Waals surface area contributed by atoms with Gasteiger partial charge in [0.15, 0.2) is 0 Å². The highest BCUT2D eigenvalue weighted by molar-refractivity contribution is 6.32. The fourth-order valence-corrected chi connectivity index (χ4v) is 2.43. The summed E-state index contributed by atoms with van der Waals surface area (Å²) < 4.78 is 42.7. The molecule has 1 unspecified atom stereocenters. The molecule has 1 atom stereocenters. The van der Waals surface area contributed by atoms with Gasteiger partial charge in [0, 0.05) is 23.5 Å². The van der Waals surface area contributed by atoms with Gasteiger partial charge in [-0.15, -0.1) is 0 Å². The summed E-state index contributed by atoms with van der Waals surface area (Å²) in [6.45, 7) is 8.73. The zero-order valence-electron chi connectivity index (χ0n) is 13.4. The second kappa shape index (κ2) is 7.15. The van der Waals surface area contributed by atoms with E-state index in [0.717, 1.165) is 16.7 Å². The first-order valence-corrected chi connectivity index (χ1v) is 7.50. The molecule has 0 saturated carbocycles. The van der Waals surface area contributed by atoms with E-state index in [1.807, 2.05) is 25.1 Å². The molecule has 1 aromatic rings. The molecule has 0 aliphatic carbocycles. The average molecular weight is 336 g/mol. The minimum Gasteiger partial charge on any atom is -0.560 e. The van der Waals surface area contributed by atoms with Gasteiger partial charge in [-0.2, -0.15) is 13.2 Å². The summed E-state index contributed by atoms with van der Waals surface area (Å²) in [5, 5.41) is 2.66. The van der Waals surface area contributed by atoms with Gasteiger partial charge < -0.3 is 9.97 Å². The van der Waals surface area contributed by atoms with E-state index in [1.54, 1.807) is 0 Å². The van der Waals surface area contributed by atoms with Crippen LogP contribution in [0.25, 0.3) is 5.57 Å². The number of allylic oxidation sites excluding steroid dienone is 2. The van der Waals surface area contributed by atoms with Gasteiger partial charge >= 0.3 is 13.7 Å². The van der Waals surface area contributed by atoms with Gasteiger partial charge in [-0.1, -0.05) is 31.4 Å². The molecule has 2 rings (SSSR count). The number of hydrogen-bond acceptors (Lipinski definition) is 2. The molecule has 1 heterocycles. The lowest BCUT2D eigenvalue weighted by atomic mass is 9.78. The van der Waals surface area contributed by atoms with Crippen LogP contribution in [-0.4, -0.2) is 25.5 Å². The van der Waals surface area contributed by atoms with Crippen LogP contribution in [0.2, 0.25) is 0 Å². The second-order valence-corrected chi connectivity index (χ2v) is 5.81. The molecule has 1 aliphatic heterocycles. The number of rotatable bonds is 5. The Morgan fingerprint density at radius 1 is 1.38 bits per heavy atom. The zero-order chi connectivity index (χ0) is 17.9. The summed E-state index contributed by atoms with van der Waals surface area (Å²) in [5.41, 5.74) is 1.78. The summed E-state index contributed by atoms with van der Waals surface area (Å²) >= 11 is 0. The third-order valence-electron chi connectivity index (χ3n) is 3.75. The zero-order valence-corrected chi connectivity index (χ0v) is 13.4. The summed E-state index contributed by atoms with van der Waals surface area (Å²) in [5.74, 6) is -0.143. The van der Waals surface area contributed by atoms with Crippen molar-refractivity contribution in [3.63, 3.8) is 0 Å². The van der Waals surface area contributed by atoms with E-state index in [4.69, 9.17) is 4.65 Å². The van der Waals surface area contributed by atoms with E-state index < -0.39 is 24.1 Å². The molecule has 24 heavy (non-hydrogen) atoms. The van der Waals surface area contributed by atoms with Crippen LogP contribution in [0.3, 0.4) is 0 Å². The van der Waals surface area contributed by atoms with Gasteiger partial charge in [-0.05, 0) is 30.9 Å². The van der Waals surface area contributed by atoms with Crippen LogP contribution in [0.4, 0.5) is 13.2 Å². The molecule has 127 valence electrons. The second-order valence-electron chi connectivity index (χ2n) is 5.81. The SMILES string of the molecule is C=C(C)c1cccc2c1O[B]C(NC(=O)CCC(=C)C(F)(F)F)C2. The van der Waals surface area contributed by atoms with Crippen molar-refractivity contribution in [2.45, 2.75) is 38.3 Å². The van der Waals surface area contributed by atoms with Gasteiger partial charge in [-0.25, -0.2) is 0 Å². The van der Waals surface area contributed by atoms with Crippen molar-refractivity contribution in [2.24, 2.45) is 0 Å². The van der Waals surface area contributed by atoms with E-state index in [2.05, 4.69) is 18.5 Å². The van der Waals surface area contributed by atoms with Crippen LogP contribution in [0, 0.1) is 0 Å². The number of carbonyl (C=O) groups is 1. The van der Waals surface area contributed by atoms with Crippen LogP contribution in [0.5, 0.6) is 5.75 Å². The first kappa shape index (κ1) is 18.2. The maximum atomic E-state index is 12.4. The van der Waals surface area contributed by atoms with Crippen molar-refractivity contribution in [3.05, 3.63) is 48.1 Å². The Hall–Kier alpha value is -2.18. The Bertz CT molecular complexity index is 670. The number of halogens is 3. The lowest BCUT2D eigenvalue weighted by Gasteiger charge is -2.27. The molecule has 0 bridgehead atoms. The van der Waals surface area contributed by atoms with Gasteiger partial charge in [0.1, 0.15) is 5.75 Å². The highest BCUT2D eigenvalue weighted by Crippen LogP contribution is 2.32. The number of benzene rings is 1. The number of alkyl halides is 3. The Morgan fingerprint density at radius 3 is 2.71 bits per heavy atom. The number of fused-ring (bicyclic) bond motifs is 1. The summed E-state index contributed by atoms with van der Waals surface area (Å²) in [6, 6.07) is 5.67. The molecule has 1 amide bonds. The van der Waals surface area contributed by atoms with Crippen LogP contribution < -0.4 is 9.97 Å². The standard InChI is InChI=1S/C17H18BF3NO2/c1-10(2)13-6-4-5-12-9-14(18-24-16(12)13)22-15(23)8-7-11(3)17(19,20)21/h4-6,14H,1,3,7-9H2,2H3,(H,22,23). The molecule has 1 N–H and O–H groups in total. The lowest BCUT2D eigenvalue weighted by Crippen LogP contribution is -2.45. The van der Waals surface area contributed by atoms with Gasteiger partial charge in [-0.3, -0.25) is 4.79 Å². The van der Waals surface area contributed by atoms with Crippen LogP contribution in [0.1, 0.15) is 30.9 Å². The van der Waals surface area contributed by atoms with E-state index in [1.165, 1.54) is 7.48 Å². The Kier molecular flexibility index (Phi) is 5.42. The average Bonchev–Trinajstić information content (AvgIpc) is 2.50. The Morgan fingerprint density at radius 2 is 2.08 bits per heavy atom. The molecule has 3 nitrogen and oxygen atoms in total. The fraction of sp³-hybridized carbons (Fsp3) is 0.353. The molecule has 0 aromatic heterocycles. The largest absolute Gasteiger partial charge is 0.560 e. The summed E-state index contributed by atoms with van der Waals surface area (Å²) in [4.78, 5) is 11.8. The smallest absolute Gasteiger partial charge is 0.412 e. The minimum absolute atomic E-state index is 0.263. The normalized spacial score (nSPS) is 16.4. The van der Waals surface area contributed by atoms with Gasteiger partial charge in [0.2, 0.25) is 5.91 Å². The Balaban J connectivity index is 1.92. The van der Waals surface area contributed by atoms with Crippen molar-refractivity contribution in [2.75, 3.05) is 0 Å². The maximum absolute atomic E-state index is 12.4. The number of amides is 1. The number of nitrogens with one attached hydrogen (secondary N) is 1. The number of para-hydroxylation sites is 1. The first-order valence-electron chi connectivity index (χ1n) is 7.50. The van der Waals surface area contributed by atoms with Crippen molar-refractivity contribution < 1.29 is 22.6 Å². The third-order valence-corrected chi connectivity index (χ3v) is 3.75. The minimum atomic E-state index is -4.46. The van der Waals surface area contributed by atoms with Crippen LogP contribution >= 0.6 is 0 Å². The van der Waals surface area contributed by atoms with Crippen molar-refractivity contribution >= 4 is 19.0 Å². The maximum Gasteiger partial charge on any atom is 0.412 e. The highest BCUT2D eigenvalue weighted by Gasteiger charge is 2.32. The molecule has 0 spiro atoms. The molecular formula is C17H18BF3NO2. The molecule has 0 saturated heterocycles. The first-order chi connectivity index (χ1) is 11.2. The molecule has 1 radical (unpaired) electrons. The topological polar surface area (TPSA) is 38.3 Å². The quantitative estimate of drug-likeness (QED) is 0.659. The lowest BCUT2D eigenvalue weighted by molar-refractivity contribution is -0.122. The van der Waals surface area contributed by atoms with Crippen molar-refractivity contribution in [3.8, 4) is 5.75 Å². The molecule has 0 fully saturated rings. The van der Waals surface area contributed by atoms with Crippen LogP contribution in [-0.2, 0) is 11.2 Å². The highest BCUT2D eigenvalue weighted by atomic mass is 19.4. The molecule has 1 aromatic carbocycles. The Labute approximate surface area is 139 Å². The van der Waals surface area contributed by atoms with Crippen LogP contribution in [0.15, 0.2) is 36.9 Å². The molecule has 7 heteroatoms. The third kappa shape index (κ3) is 4.43. The van der Waals surface area contributed by atoms with Crippen molar-refractivity contribution in [1.82, 2.24) is 5.32 Å². The van der Waals surface area contributed by atoms with Gasteiger partial charge in [0.05, 0.1) is 0 Å². The molecular weight excluding hydrogens is 318 g/mol. The van der Waals surface area contributed by atoms with E-state index in [0.29, 0.717) is 12.2 Å². The predicted octanol–water partition coefficient (Wildman–Crippen LogP) is 3.61.